The second kappa shape index (κ2) is 2.17. The summed E-state index contributed by atoms with van der Waals surface area (Å²) in [5.41, 5.74) is 0. The van der Waals surface area contributed by atoms with Gasteiger partial charge >= 0.3 is 5.09 Å². The number of hydrogen-bond acceptors (Lipinski definition) is 3. The molecular weight excluding hydrogens is 124 g/mol. The van der Waals surface area contributed by atoms with Crippen LogP contribution in [0.15, 0.2) is 18.3 Å². The van der Waals surface area contributed by atoms with Crippen LogP contribution in [0.2, 0.25) is 0 Å². The molecule has 0 bridgehead atoms. The molecule has 1 heterocycles. The first-order valence-electron chi connectivity index (χ1n) is 2.25. The predicted octanol–water partition coefficient (Wildman–Crippen LogP) is 0.585. The van der Waals surface area contributed by atoms with Gasteiger partial charge in [-0.15, -0.1) is 10.1 Å². The lowest BCUT2D eigenvalue weighted by Crippen LogP contribution is -2.02. The molecule has 0 saturated carbocycles. The molecule has 0 saturated heterocycles. The van der Waals surface area contributed by atoms with Crippen LogP contribution < -0.4 is 4.84 Å². The van der Waals surface area contributed by atoms with Gasteiger partial charge in [0.25, 0.3) is 0 Å². The van der Waals surface area contributed by atoms with Gasteiger partial charge in [0.2, 0.25) is 0 Å². The van der Waals surface area contributed by atoms with E-state index >= 15 is 0 Å². The number of aromatic nitrogens is 1. The number of nitrogens with zero attached hydrogens (tertiary/aromatic N) is 1. The summed E-state index contributed by atoms with van der Waals surface area (Å²) in [4.78, 5) is 16.2. The lowest BCUT2D eigenvalue weighted by Gasteiger charge is -1.88. The molecule has 0 aromatic carbocycles. The fourth-order valence-corrected chi connectivity index (χ4v) is 0.451. The fourth-order valence-electron chi connectivity index (χ4n) is 0.451. The maximum Gasteiger partial charge on any atom is 0.301 e. The molecule has 1 aromatic heterocycles. The first kappa shape index (κ1) is 5.61. The van der Waals surface area contributed by atoms with Gasteiger partial charge in [-0.05, 0) is 12.1 Å². The summed E-state index contributed by atoms with van der Waals surface area (Å²) in [7, 11) is 0. The van der Waals surface area contributed by atoms with Crippen molar-refractivity contribution in [1.29, 1.82) is 0 Å². The molecule has 5 nitrogen and oxygen atoms in total. The Kier molecular flexibility index (Phi) is 1.35. The van der Waals surface area contributed by atoms with Crippen LogP contribution in [0.1, 0.15) is 0 Å². The molecule has 5 heteroatoms. The molecule has 0 aliphatic rings. The van der Waals surface area contributed by atoms with E-state index in [0.717, 1.165) is 0 Å². The van der Waals surface area contributed by atoms with Crippen LogP contribution >= 0.6 is 0 Å². The van der Waals surface area contributed by atoms with Gasteiger partial charge in [-0.3, -0.25) is 4.84 Å². The standard InChI is InChI=1S/C4H4N2O3/c7-6(8)9-4-2-1-3-5-4/h1-3,5H. The van der Waals surface area contributed by atoms with E-state index in [9.17, 15) is 10.1 Å². The summed E-state index contributed by atoms with van der Waals surface area (Å²) in [6.45, 7) is 0. The average Bonchev–Trinajstić information content (AvgIpc) is 2.15. The van der Waals surface area contributed by atoms with Crippen molar-refractivity contribution in [3.8, 4) is 5.88 Å². The minimum absolute atomic E-state index is 0.139. The molecule has 1 rings (SSSR count). The van der Waals surface area contributed by atoms with E-state index in [4.69, 9.17) is 0 Å². The second-order valence-electron chi connectivity index (χ2n) is 1.35. The summed E-state index contributed by atoms with van der Waals surface area (Å²) in [6, 6.07) is 3.07. The largest absolute Gasteiger partial charge is 0.343 e. The normalized spacial score (nSPS) is 8.89. The van der Waals surface area contributed by atoms with E-state index in [-0.39, 0.29) is 5.88 Å². The molecule has 0 unspecified atom stereocenters. The zero-order valence-electron chi connectivity index (χ0n) is 4.40. The van der Waals surface area contributed by atoms with Crippen molar-refractivity contribution in [2.75, 3.05) is 0 Å². The van der Waals surface area contributed by atoms with Crippen molar-refractivity contribution in [3.63, 3.8) is 0 Å². The summed E-state index contributed by atoms with van der Waals surface area (Å²) in [5.74, 6) is 0.139. The van der Waals surface area contributed by atoms with Gasteiger partial charge in [0.15, 0.2) is 5.88 Å². The number of rotatable bonds is 2. The topological polar surface area (TPSA) is 68.2 Å². The fraction of sp³-hybridized carbons (Fsp3) is 0. The quantitative estimate of drug-likeness (QED) is 0.468. The minimum Gasteiger partial charge on any atom is -0.343 e. The Morgan fingerprint density at radius 1 is 1.78 bits per heavy atom. The molecule has 1 aromatic rings. The summed E-state index contributed by atoms with van der Waals surface area (Å²) < 4.78 is 0. The van der Waals surface area contributed by atoms with Crippen molar-refractivity contribution in [2.45, 2.75) is 0 Å². The zero-order chi connectivity index (χ0) is 6.69. The SMILES string of the molecule is O=[N+]([O-])Oc1ccc[nH]1. The molecular formula is C4H4N2O3. The van der Waals surface area contributed by atoms with Gasteiger partial charge in [-0.25, -0.2) is 0 Å². The molecule has 0 spiro atoms. The molecule has 0 atom stereocenters. The summed E-state index contributed by atoms with van der Waals surface area (Å²) in [5, 5.41) is 8.76. The van der Waals surface area contributed by atoms with Crippen molar-refractivity contribution < 1.29 is 9.92 Å². The maximum atomic E-state index is 9.63. The van der Waals surface area contributed by atoms with Crippen molar-refractivity contribution in [1.82, 2.24) is 4.98 Å². The van der Waals surface area contributed by atoms with E-state index < -0.39 is 5.09 Å². The summed E-state index contributed by atoms with van der Waals surface area (Å²) >= 11 is 0. The van der Waals surface area contributed by atoms with E-state index in [1.54, 1.807) is 12.3 Å². The highest BCUT2D eigenvalue weighted by molar-refractivity contribution is 5.08. The van der Waals surface area contributed by atoms with Gasteiger partial charge in [0.05, 0.1) is 0 Å². The Morgan fingerprint density at radius 3 is 3.00 bits per heavy atom. The molecule has 48 valence electrons. The predicted molar refractivity (Wildman–Crippen MR) is 28.4 cm³/mol. The third-order valence-corrected chi connectivity index (χ3v) is 0.742. The number of H-pyrrole nitrogens is 1. The van der Waals surface area contributed by atoms with Gasteiger partial charge < -0.3 is 4.98 Å². The third kappa shape index (κ3) is 1.45. The van der Waals surface area contributed by atoms with Gasteiger partial charge in [-0.2, -0.15) is 0 Å². The molecule has 0 aliphatic heterocycles. The maximum absolute atomic E-state index is 9.63. The molecule has 1 N–H and O–H groups in total. The van der Waals surface area contributed by atoms with Gasteiger partial charge in [0, 0.05) is 6.20 Å². The Bertz CT molecular complexity index is 194. The van der Waals surface area contributed by atoms with Crippen LogP contribution in [-0.2, 0) is 0 Å². The van der Waals surface area contributed by atoms with Crippen LogP contribution in [0.25, 0.3) is 0 Å². The van der Waals surface area contributed by atoms with Gasteiger partial charge in [-0.1, -0.05) is 0 Å². The first-order chi connectivity index (χ1) is 4.29. The summed E-state index contributed by atoms with van der Waals surface area (Å²) in [6.07, 6.45) is 1.54. The molecule has 0 fully saturated rings. The lowest BCUT2D eigenvalue weighted by atomic mass is 10.7. The van der Waals surface area contributed by atoms with E-state index in [1.165, 1.54) is 6.07 Å². The Balaban J connectivity index is 2.58. The third-order valence-electron chi connectivity index (χ3n) is 0.742. The van der Waals surface area contributed by atoms with Crippen LogP contribution in [0.4, 0.5) is 0 Å². The first-order valence-corrected chi connectivity index (χ1v) is 2.25. The van der Waals surface area contributed by atoms with E-state index in [0.29, 0.717) is 0 Å². The van der Waals surface area contributed by atoms with Crippen molar-refractivity contribution >= 4 is 0 Å². The highest BCUT2D eigenvalue weighted by atomic mass is 17.0. The van der Waals surface area contributed by atoms with Crippen molar-refractivity contribution in [2.24, 2.45) is 0 Å². The molecule has 0 radical (unpaired) electrons. The number of aromatic amines is 1. The van der Waals surface area contributed by atoms with Crippen LogP contribution in [-0.4, -0.2) is 10.1 Å². The van der Waals surface area contributed by atoms with Crippen LogP contribution in [0, 0.1) is 10.1 Å². The monoisotopic (exact) mass is 128 g/mol. The Morgan fingerprint density at radius 2 is 2.56 bits per heavy atom. The van der Waals surface area contributed by atoms with Crippen LogP contribution in [0.3, 0.4) is 0 Å². The Labute approximate surface area is 50.4 Å². The second-order valence-corrected chi connectivity index (χ2v) is 1.35. The Hall–Kier alpha value is -1.52. The zero-order valence-corrected chi connectivity index (χ0v) is 4.40. The molecule has 0 amide bonds. The van der Waals surface area contributed by atoms with Gasteiger partial charge in [0.1, 0.15) is 0 Å². The van der Waals surface area contributed by atoms with E-state index in [2.05, 4.69) is 9.82 Å². The highest BCUT2D eigenvalue weighted by Gasteiger charge is 1.95. The molecule has 0 aliphatic carbocycles. The highest BCUT2D eigenvalue weighted by Crippen LogP contribution is 2.03. The molecule has 9 heavy (non-hydrogen) atoms. The lowest BCUT2D eigenvalue weighted by molar-refractivity contribution is -0.712. The minimum atomic E-state index is -0.869. The number of hydrogen-bond donors (Lipinski definition) is 1. The van der Waals surface area contributed by atoms with E-state index in [1.807, 2.05) is 0 Å². The van der Waals surface area contributed by atoms with Crippen molar-refractivity contribution in [3.05, 3.63) is 28.4 Å². The van der Waals surface area contributed by atoms with Crippen LogP contribution in [0.5, 0.6) is 5.88 Å². The smallest absolute Gasteiger partial charge is 0.301 e. The number of nitrogens with one attached hydrogen (secondary N) is 1. The average molecular weight is 128 g/mol.